The number of unbranched alkanes of at least 4 members (excludes halogenated alkanes) is 13. The second-order valence-electron chi connectivity index (χ2n) is 7.87. The summed E-state index contributed by atoms with van der Waals surface area (Å²) in [5, 5.41) is 0. The average Bonchev–Trinajstić information content (AvgIpc) is 2.75. The number of carbonyl (C=O) groups is 1. The minimum atomic E-state index is -0.344. The molecule has 3 heteroatoms. The third-order valence-electron chi connectivity index (χ3n) is 5.26. The van der Waals surface area contributed by atoms with E-state index in [0.717, 1.165) is 24.3 Å². The van der Waals surface area contributed by atoms with Crippen molar-refractivity contribution in [2.45, 2.75) is 96.8 Å². The van der Waals surface area contributed by atoms with E-state index >= 15 is 0 Å². The maximum absolute atomic E-state index is 11.1. The first kappa shape index (κ1) is 25.3. The van der Waals surface area contributed by atoms with E-state index in [9.17, 15) is 4.79 Å². The van der Waals surface area contributed by atoms with Gasteiger partial charge in [0.1, 0.15) is 5.75 Å². The smallest absolute Gasteiger partial charge is 0.330 e. The van der Waals surface area contributed by atoms with Gasteiger partial charge < -0.3 is 9.47 Å². The Morgan fingerprint density at radius 1 is 0.759 bits per heavy atom. The van der Waals surface area contributed by atoms with Gasteiger partial charge in [-0.1, -0.05) is 103 Å². The summed E-state index contributed by atoms with van der Waals surface area (Å²) in [6.07, 6.45) is 22.3. The molecule has 1 rings (SSSR count). The van der Waals surface area contributed by atoms with Crippen molar-refractivity contribution < 1.29 is 14.3 Å². The van der Waals surface area contributed by atoms with Gasteiger partial charge in [0.15, 0.2) is 0 Å². The number of methoxy groups -OCH3 is 1. The number of rotatable bonds is 18. The molecule has 3 nitrogen and oxygen atoms in total. The van der Waals surface area contributed by atoms with Crippen LogP contribution in [-0.4, -0.2) is 19.7 Å². The minimum absolute atomic E-state index is 0.344. The largest absolute Gasteiger partial charge is 0.494 e. The lowest BCUT2D eigenvalue weighted by molar-refractivity contribution is -0.134. The van der Waals surface area contributed by atoms with Gasteiger partial charge in [0.2, 0.25) is 0 Å². The third kappa shape index (κ3) is 14.8. The molecule has 0 saturated carbocycles. The Morgan fingerprint density at radius 3 is 1.72 bits per heavy atom. The molecular weight excluding hydrogens is 360 g/mol. The molecule has 0 unspecified atom stereocenters. The van der Waals surface area contributed by atoms with Crippen LogP contribution < -0.4 is 4.74 Å². The van der Waals surface area contributed by atoms with Crippen molar-refractivity contribution in [2.75, 3.05) is 13.7 Å². The van der Waals surface area contributed by atoms with Crippen molar-refractivity contribution in [1.82, 2.24) is 0 Å². The van der Waals surface area contributed by atoms with Crippen LogP contribution in [0.4, 0.5) is 0 Å². The van der Waals surface area contributed by atoms with Crippen molar-refractivity contribution in [2.24, 2.45) is 0 Å². The highest BCUT2D eigenvalue weighted by molar-refractivity contribution is 5.86. The molecule has 0 radical (unpaired) electrons. The predicted molar refractivity (Wildman–Crippen MR) is 123 cm³/mol. The summed E-state index contributed by atoms with van der Waals surface area (Å²) in [5.41, 5.74) is 0.958. The molecule has 29 heavy (non-hydrogen) atoms. The first-order valence-electron chi connectivity index (χ1n) is 11.7. The van der Waals surface area contributed by atoms with E-state index in [1.807, 2.05) is 24.3 Å². The Balaban J connectivity index is 1.91. The van der Waals surface area contributed by atoms with Crippen molar-refractivity contribution in [3.05, 3.63) is 35.9 Å². The SMILES string of the molecule is CCCCCCCCCCCCCCCCOc1ccc(C=CC(=O)OC)cc1. The molecule has 1 aromatic rings. The van der Waals surface area contributed by atoms with Crippen LogP contribution in [0.1, 0.15) is 102 Å². The first-order chi connectivity index (χ1) is 14.3. The number of hydrogen-bond donors (Lipinski definition) is 0. The number of ether oxygens (including phenoxy) is 2. The van der Waals surface area contributed by atoms with Crippen LogP contribution in [-0.2, 0) is 9.53 Å². The van der Waals surface area contributed by atoms with Crippen molar-refractivity contribution in [3.8, 4) is 5.75 Å². The van der Waals surface area contributed by atoms with Gasteiger partial charge in [-0.3, -0.25) is 0 Å². The molecule has 0 aliphatic rings. The van der Waals surface area contributed by atoms with E-state index in [0.29, 0.717) is 0 Å². The zero-order valence-corrected chi connectivity index (χ0v) is 18.8. The molecule has 0 aliphatic heterocycles. The van der Waals surface area contributed by atoms with Gasteiger partial charge in [-0.2, -0.15) is 0 Å². The topological polar surface area (TPSA) is 35.5 Å². The molecule has 1 aromatic carbocycles. The van der Waals surface area contributed by atoms with Crippen LogP contribution in [0.25, 0.3) is 6.08 Å². The fraction of sp³-hybridized carbons (Fsp3) is 0.654. The molecule has 0 N–H and O–H groups in total. The summed E-state index contributed by atoms with van der Waals surface area (Å²) in [4.78, 5) is 11.1. The summed E-state index contributed by atoms with van der Waals surface area (Å²) in [7, 11) is 1.38. The molecule has 0 spiro atoms. The van der Waals surface area contributed by atoms with E-state index in [1.54, 1.807) is 6.08 Å². The van der Waals surface area contributed by atoms with Gasteiger partial charge in [0.05, 0.1) is 13.7 Å². The highest BCUT2D eigenvalue weighted by atomic mass is 16.5. The van der Waals surface area contributed by atoms with Crippen LogP contribution >= 0.6 is 0 Å². The molecule has 0 aliphatic carbocycles. The predicted octanol–water partition coefficient (Wildman–Crippen LogP) is 7.73. The quantitative estimate of drug-likeness (QED) is 0.143. The second-order valence-corrected chi connectivity index (χ2v) is 7.87. The van der Waals surface area contributed by atoms with E-state index in [4.69, 9.17) is 4.74 Å². The zero-order valence-electron chi connectivity index (χ0n) is 18.8. The fourth-order valence-corrected chi connectivity index (χ4v) is 3.39. The van der Waals surface area contributed by atoms with Crippen LogP contribution in [0.15, 0.2) is 30.3 Å². The third-order valence-corrected chi connectivity index (χ3v) is 5.26. The standard InChI is InChI=1S/C26H42O3/c1-3-4-5-6-7-8-9-10-11-12-13-14-15-16-23-29-25-20-17-24(18-21-25)19-22-26(27)28-2/h17-22H,3-16,23H2,1-2H3. The molecule has 164 valence electrons. The monoisotopic (exact) mass is 402 g/mol. The zero-order chi connectivity index (χ0) is 21.0. The Hall–Kier alpha value is -1.77. The Bertz CT molecular complexity index is 533. The Morgan fingerprint density at radius 2 is 1.24 bits per heavy atom. The van der Waals surface area contributed by atoms with Crippen LogP contribution in [0.5, 0.6) is 5.75 Å². The van der Waals surface area contributed by atoms with Gasteiger partial charge in [0.25, 0.3) is 0 Å². The number of esters is 1. The van der Waals surface area contributed by atoms with Gasteiger partial charge in [-0.15, -0.1) is 0 Å². The van der Waals surface area contributed by atoms with Crippen molar-refractivity contribution in [3.63, 3.8) is 0 Å². The van der Waals surface area contributed by atoms with Gasteiger partial charge in [0, 0.05) is 6.08 Å². The average molecular weight is 403 g/mol. The van der Waals surface area contributed by atoms with E-state index in [2.05, 4.69) is 11.7 Å². The molecule has 0 heterocycles. The summed E-state index contributed by atoms with van der Waals surface area (Å²) in [6, 6.07) is 7.78. The van der Waals surface area contributed by atoms with E-state index in [1.165, 1.54) is 96.7 Å². The number of hydrogen-bond acceptors (Lipinski definition) is 3. The molecule has 0 amide bonds. The fourth-order valence-electron chi connectivity index (χ4n) is 3.39. The summed E-state index contributed by atoms with van der Waals surface area (Å²) in [6.45, 7) is 3.05. The van der Waals surface area contributed by atoms with Gasteiger partial charge in [-0.25, -0.2) is 4.79 Å². The van der Waals surface area contributed by atoms with E-state index < -0.39 is 0 Å². The highest BCUT2D eigenvalue weighted by Gasteiger charge is 1.97. The van der Waals surface area contributed by atoms with Crippen LogP contribution in [0.3, 0.4) is 0 Å². The maximum Gasteiger partial charge on any atom is 0.330 e. The Kier molecular flexibility index (Phi) is 15.9. The molecule has 0 saturated heterocycles. The summed E-state index contributed by atoms with van der Waals surface area (Å²) in [5.74, 6) is 0.540. The van der Waals surface area contributed by atoms with Gasteiger partial charge >= 0.3 is 5.97 Å². The molecule has 0 aromatic heterocycles. The lowest BCUT2D eigenvalue weighted by Gasteiger charge is -2.06. The Labute approximate surface area is 178 Å². The number of carbonyl (C=O) groups excluding carboxylic acids is 1. The molecular formula is C26H42O3. The normalized spacial score (nSPS) is 11.1. The summed E-state index contributed by atoms with van der Waals surface area (Å²) >= 11 is 0. The highest BCUT2D eigenvalue weighted by Crippen LogP contribution is 2.15. The maximum atomic E-state index is 11.1. The van der Waals surface area contributed by atoms with Crippen molar-refractivity contribution in [1.29, 1.82) is 0 Å². The number of benzene rings is 1. The second kappa shape index (κ2) is 18.3. The summed E-state index contributed by atoms with van der Waals surface area (Å²) < 4.78 is 10.4. The van der Waals surface area contributed by atoms with Crippen LogP contribution in [0.2, 0.25) is 0 Å². The van der Waals surface area contributed by atoms with E-state index in [-0.39, 0.29) is 5.97 Å². The van der Waals surface area contributed by atoms with Crippen molar-refractivity contribution >= 4 is 12.0 Å². The first-order valence-corrected chi connectivity index (χ1v) is 11.7. The lowest BCUT2D eigenvalue weighted by atomic mass is 10.0. The minimum Gasteiger partial charge on any atom is -0.494 e. The molecule has 0 fully saturated rings. The van der Waals surface area contributed by atoms with Gasteiger partial charge in [-0.05, 0) is 30.2 Å². The lowest BCUT2D eigenvalue weighted by Crippen LogP contribution is -1.97. The molecule has 0 atom stereocenters. The van der Waals surface area contributed by atoms with Crippen LogP contribution in [0, 0.1) is 0 Å². The molecule has 0 bridgehead atoms.